The van der Waals surface area contributed by atoms with E-state index in [1.807, 2.05) is 27.1 Å². The van der Waals surface area contributed by atoms with Crippen LogP contribution in [0.25, 0.3) is 0 Å². The standard InChI is InChI=1S/C12H21N5O/c1-5-9(14-4)7-15-10-8(3)16-12(13)17-11(10)18-6-2/h7,9,14H,5-6H2,1-4H3,(H2,13,16,17). The highest BCUT2D eigenvalue weighted by molar-refractivity contribution is 5.71. The first-order valence-electron chi connectivity index (χ1n) is 6.10. The summed E-state index contributed by atoms with van der Waals surface area (Å²) < 4.78 is 5.43. The fourth-order valence-electron chi connectivity index (χ4n) is 1.50. The van der Waals surface area contributed by atoms with Crippen molar-refractivity contribution in [3.63, 3.8) is 0 Å². The van der Waals surface area contributed by atoms with Crippen LogP contribution >= 0.6 is 0 Å². The van der Waals surface area contributed by atoms with Crippen LogP contribution in [0.2, 0.25) is 0 Å². The zero-order valence-electron chi connectivity index (χ0n) is 11.4. The van der Waals surface area contributed by atoms with Crippen LogP contribution in [-0.2, 0) is 0 Å². The van der Waals surface area contributed by atoms with E-state index in [0.717, 1.165) is 6.42 Å². The van der Waals surface area contributed by atoms with E-state index < -0.39 is 0 Å². The number of hydrogen-bond donors (Lipinski definition) is 2. The summed E-state index contributed by atoms with van der Waals surface area (Å²) in [6, 6.07) is 0.219. The minimum Gasteiger partial charge on any atom is -0.476 e. The second-order valence-electron chi connectivity index (χ2n) is 3.84. The third-order valence-corrected chi connectivity index (χ3v) is 2.52. The van der Waals surface area contributed by atoms with Crippen LogP contribution < -0.4 is 15.8 Å². The van der Waals surface area contributed by atoms with Gasteiger partial charge in [-0.05, 0) is 27.3 Å². The summed E-state index contributed by atoms with van der Waals surface area (Å²) in [6.07, 6.45) is 2.79. The second kappa shape index (κ2) is 6.90. The van der Waals surface area contributed by atoms with Crippen LogP contribution in [0.1, 0.15) is 26.0 Å². The van der Waals surface area contributed by atoms with Gasteiger partial charge in [-0.15, -0.1) is 0 Å². The fraction of sp³-hybridized carbons (Fsp3) is 0.583. The zero-order chi connectivity index (χ0) is 13.5. The maximum absolute atomic E-state index is 5.60. The largest absolute Gasteiger partial charge is 0.476 e. The van der Waals surface area contributed by atoms with Crippen LogP contribution in [0.4, 0.5) is 11.6 Å². The highest BCUT2D eigenvalue weighted by Crippen LogP contribution is 2.28. The third kappa shape index (κ3) is 3.66. The van der Waals surface area contributed by atoms with E-state index in [1.165, 1.54) is 0 Å². The van der Waals surface area contributed by atoms with Crippen LogP contribution in [0.15, 0.2) is 4.99 Å². The lowest BCUT2D eigenvalue weighted by molar-refractivity contribution is 0.328. The van der Waals surface area contributed by atoms with Crippen molar-refractivity contribution in [3.05, 3.63) is 5.69 Å². The highest BCUT2D eigenvalue weighted by Gasteiger charge is 2.11. The van der Waals surface area contributed by atoms with Gasteiger partial charge in [0.05, 0.1) is 12.3 Å². The Kier molecular flexibility index (Phi) is 5.51. The van der Waals surface area contributed by atoms with Gasteiger partial charge in [0.15, 0.2) is 0 Å². The van der Waals surface area contributed by atoms with E-state index in [0.29, 0.717) is 23.9 Å². The highest BCUT2D eigenvalue weighted by atomic mass is 16.5. The van der Waals surface area contributed by atoms with Crippen molar-refractivity contribution < 1.29 is 4.74 Å². The molecule has 0 aromatic carbocycles. The molecule has 18 heavy (non-hydrogen) atoms. The molecule has 0 radical (unpaired) electrons. The summed E-state index contributed by atoms with van der Waals surface area (Å²) in [6.45, 7) is 6.34. The molecule has 1 atom stereocenters. The van der Waals surface area contributed by atoms with Crippen molar-refractivity contribution in [3.8, 4) is 5.88 Å². The predicted octanol–water partition coefficient (Wildman–Crippen LogP) is 1.47. The van der Waals surface area contributed by atoms with Gasteiger partial charge < -0.3 is 15.8 Å². The Morgan fingerprint density at radius 1 is 1.44 bits per heavy atom. The molecule has 6 heteroatoms. The van der Waals surface area contributed by atoms with Gasteiger partial charge >= 0.3 is 0 Å². The molecule has 1 unspecified atom stereocenters. The first-order chi connectivity index (χ1) is 8.62. The molecule has 0 fully saturated rings. The van der Waals surface area contributed by atoms with Gasteiger partial charge in [-0.3, -0.25) is 4.99 Å². The summed E-state index contributed by atoms with van der Waals surface area (Å²) in [5, 5.41) is 3.15. The molecule has 1 heterocycles. The molecule has 0 spiro atoms. The van der Waals surface area contributed by atoms with Gasteiger partial charge in [0.25, 0.3) is 0 Å². The van der Waals surface area contributed by atoms with E-state index in [9.17, 15) is 0 Å². The first kappa shape index (κ1) is 14.4. The summed E-state index contributed by atoms with van der Waals surface area (Å²) in [7, 11) is 1.90. The minimum atomic E-state index is 0.204. The number of nitrogens with zero attached hydrogens (tertiary/aromatic N) is 3. The lowest BCUT2D eigenvalue weighted by atomic mass is 10.2. The normalized spacial score (nSPS) is 12.9. The number of anilines is 1. The molecule has 100 valence electrons. The molecule has 0 bridgehead atoms. The van der Waals surface area contributed by atoms with Gasteiger partial charge in [0.1, 0.15) is 5.69 Å². The van der Waals surface area contributed by atoms with Crippen molar-refractivity contribution in [2.24, 2.45) is 4.99 Å². The average molecular weight is 251 g/mol. The average Bonchev–Trinajstić information content (AvgIpc) is 2.33. The van der Waals surface area contributed by atoms with Crippen molar-refractivity contribution in [1.29, 1.82) is 0 Å². The Morgan fingerprint density at radius 2 is 2.17 bits per heavy atom. The molecule has 0 saturated heterocycles. The Hall–Kier alpha value is -1.69. The smallest absolute Gasteiger partial charge is 0.245 e. The number of nitrogens with one attached hydrogen (secondary N) is 1. The number of hydrogen-bond acceptors (Lipinski definition) is 6. The van der Waals surface area contributed by atoms with E-state index in [4.69, 9.17) is 10.5 Å². The molecule has 0 aliphatic carbocycles. The Labute approximate surface area is 108 Å². The second-order valence-corrected chi connectivity index (χ2v) is 3.84. The Morgan fingerprint density at radius 3 is 2.72 bits per heavy atom. The van der Waals surface area contributed by atoms with Crippen molar-refractivity contribution in [1.82, 2.24) is 15.3 Å². The molecule has 0 saturated carbocycles. The molecule has 3 N–H and O–H groups in total. The Bertz CT molecular complexity index is 415. The molecular weight excluding hydrogens is 230 g/mol. The van der Waals surface area contributed by atoms with Crippen LogP contribution in [-0.4, -0.2) is 35.9 Å². The first-order valence-corrected chi connectivity index (χ1v) is 6.10. The zero-order valence-corrected chi connectivity index (χ0v) is 11.4. The number of aromatic nitrogens is 2. The molecule has 1 aromatic heterocycles. The lowest BCUT2D eigenvalue weighted by Crippen LogP contribution is -2.25. The predicted molar refractivity (Wildman–Crippen MR) is 73.6 cm³/mol. The monoisotopic (exact) mass is 251 g/mol. The van der Waals surface area contributed by atoms with Gasteiger partial charge in [0.2, 0.25) is 11.8 Å². The maximum Gasteiger partial charge on any atom is 0.245 e. The minimum absolute atomic E-state index is 0.204. The molecule has 1 rings (SSSR count). The SMILES string of the molecule is CCOc1nc(N)nc(C)c1N=CC(CC)NC. The van der Waals surface area contributed by atoms with Crippen molar-refractivity contribution >= 4 is 17.9 Å². The van der Waals surface area contributed by atoms with Gasteiger partial charge in [-0.2, -0.15) is 4.98 Å². The van der Waals surface area contributed by atoms with Crippen LogP contribution in [0, 0.1) is 6.92 Å². The number of aryl methyl sites for hydroxylation is 1. The summed E-state index contributed by atoms with van der Waals surface area (Å²) >= 11 is 0. The maximum atomic E-state index is 5.60. The third-order valence-electron chi connectivity index (χ3n) is 2.52. The molecule has 0 aliphatic heterocycles. The van der Waals surface area contributed by atoms with E-state index >= 15 is 0 Å². The van der Waals surface area contributed by atoms with Crippen molar-refractivity contribution in [2.45, 2.75) is 33.2 Å². The molecular formula is C12H21N5O. The van der Waals surface area contributed by atoms with Crippen LogP contribution in [0.3, 0.4) is 0 Å². The molecule has 0 aliphatic rings. The van der Waals surface area contributed by atoms with Crippen molar-refractivity contribution in [2.75, 3.05) is 19.4 Å². The van der Waals surface area contributed by atoms with E-state index in [2.05, 4.69) is 27.2 Å². The summed E-state index contributed by atoms with van der Waals surface area (Å²) in [5.41, 5.74) is 6.96. The number of nitrogens with two attached hydrogens (primary N) is 1. The number of rotatable bonds is 6. The Balaban J connectivity index is 3.06. The van der Waals surface area contributed by atoms with Gasteiger partial charge in [0, 0.05) is 12.3 Å². The molecule has 1 aromatic rings. The van der Waals surface area contributed by atoms with E-state index in [-0.39, 0.29) is 12.0 Å². The fourth-order valence-corrected chi connectivity index (χ4v) is 1.50. The molecule has 0 amide bonds. The van der Waals surface area contributed by atoms with Gasteiger partial charge in [-0.1, -0.05) is 6.92 Å². The quantitative estimate of drug-likeness (QED) is 0.748. The summed E-state index contributed by atoms with van der Waals surface area (Å²) in [5.74, 6) is 0.639. The summed E-state index contributed by atoms with van der Waals surface area (Å²) in [4.78, 5) is 12.6. The number of nitrogen functional groups attached to an aromatic ring is 1. The number of ether oxygens (including phenoxy) is 1. The lowest BCUT2D eigenvalue weighted by Gasteiger charge is -2.10. The van der Waals surface area contributed by atoms with Gasteiger partial charge in [-0.25, -0.2) is 4.98 Å². The van der Waals surface area contributed by atoms with Crippen LogP contribution in [0.5, 0.6) is 5.88 Å². The number of aliphatic imine (C=N–C) groups is 1. The topological polar surface area (TPSA) is 85.4 Å². The molecule has 6 nitrogen and oxygen atoms in total. The van der Waals surface area contributed by atoms with E-state index in [1.54, 1.807) is 0 Å².